The molecule has 0 bridgehead atoms. The van der Waals surface area contributed by atoms with Gasteiger partial charge in [-0.1, -0.05) is 47.7 Å². The molecular weight excluding hydrogens is 434 g/mol. The molecule has 0 saturated carbocycles. The highest BCUT2D eigenvalue weighted by Crippen LogP contribution is 2.44. The number of para-hydroxylation sites is 1. The Hall–Kier alpha value is -1.95. The number of anilines is 1. The summed E-state index contributed by atoms with van der Waals surface area (Å²) in [6.45, 7) is 5.39. The van der Waals surface area contributed by atoms with E-state index in [1.165, 1.54) is 16.1 Å². The predicted octanol–water partition coefficient (Wildman–Crippen LogP) is 6.54. The Morgan fingerprint density at radius 2 is 1.61 bits per heavy atom. The van der Waals surface area contributed by atoms with Gasteiger partial charge >= 0.3 is 0 Å². The fraction of sp³-hybridized carbons (Fsp3) is 0.217. The molecule has 1 saturated heterocycles. The van der Waals surface area contributed by atoms with Crippen LogP contribution in [0.15, 0.2) is 81.0 Å². The molecule has 0 spiro atoms. The quantitative estimate of drug-likeness (QED) is 0.435. The summed E-state index contributed by atoms with van der Waals surface area (Å²) in [5, 5.41) is 0. The van der Waals surface area contributed by atoms with Gasteiger partial charge in [0.05, 0.1) is 28.3 Å². The van der Waals surface area contributed by atoms with Crippen LogP contribution in [0.3, 0.4) is 0 Å². The van der Waals surface area contributed by atoms with Crippen molar-refractivity contribution in [3.63, 3.8) is 0 Å². The summed E-state index contributed by atoms with van der Waals surface area (Å²) in [6.07, 6.45) is 0. The van der Waals surface area contributed by atoms with Crippen molar-refractivity contribution < 1.29 is 9.47 Å². The van der Waals surface area contributed by atoms with Crippen molar-refractivity contribution in [2.75, 3.05) is 31.2 Å². The van der Waals surface area contributed by atoms with Crippen molar-refractivity contribution in [2.24, 2.45) is 0 Å². The Morgan fingerprint density at radius 3 is 2.36 bits per heavy atom. The van der Waals surface area contributed by atoms with Gasteiger partial charge in [-0.05, 0) is 59.3 Å². The number of halogens is 1. The Morgan fingerprint density at radius 1 is 0.893 bits per heavy atom. The molecule has 3 aromatic carbocycles. The molecule has 5 heteroatoms. The lowest BCUT2D eigenvalue weighted by atomic mass is 10.2. The molecule has 3 nitrogen and oxygen atoms in total. The molecule has 1 aliphatic rings. The zero-order valence-corrected chi connectivity index (χ0v) is 18.1. The SMILES string of the molecule is Cc1ccc(Sc2c(Oc3ccccc3Br)cccc2N2CCOCC2)cc1. The molecule has 0 atom stereocenters. The van der Waals surface area contributed by atoms with Crippen LogP contribution < -0.4 is 9.64 Å². The summed E-state index contributed by atoms with van der Waals surface area (Å²) in [4.78, 5) is 4.71. The van der Waals surface area contributed by atoms with Crippen LogP contribution in [0.5, 0.6) is 11.5 Å². The van der Waals surface area contributed by atoms with E-state index < -0.39 is 0 Å². The number of aryl methyl sites for hydroxylation is 1. The number of benzene rings is 3. The van der Waals surface area contributed by atoms with Gasteiger partial charge in [0.15, 0.2) is 0 Å². The summed E-state index contributed by atoms with van der Waals surface area (Å²) in [7, 11) is 0. The maximum atomic E-state index is 6.34. The van der Waals surface area contributed by atoms with Gasteiger partial charge in [-0.2, -0.15) is 0 Å². The van der Waals surface area contributed by atoms with Gasteiger partial charge in [0.1, 0.15) is 11.5 Å². The maximum absolute atomic E-state index is 6.34. The number of hydrogen-bond acceptors (Lipinski definition) is 4. The third-order valence-corrected chi connectivity index (χ3v) is 6.38. The molecule has 0 aromatic heterocycles. The highest BCUT2D eigenvalue weighted by Gasteiger charge is 2.19. The lowest BCUT2D eigenvalue weighted by molar-refractivity contribution is 0.122. The van der Waals surface area contributed by atoms with E-state index in [0.717, 1.165) is 47.2 Å². The second kappa shape index (κ2) is 9.03. The van der Waals surface area contributed by atoms with Crippen LogP contribution in [-0.2, 0) is 4.74 Å². The van der Waals surface area contributed by atoms with E-state index in [9.17, 15) is 0 Å². The second-order valence-electron chi connectivity index (χ2n) is 6.65. The van der Waals surface area contributed by atoms with Crippen molar-refractivity contribution >= 4 is 33.4 Å². The molecule has 1 aliphatic heterocycles. The number of nitrogens with zero attached hydrogens (tertiary/aromatic N) is 1. The lowest BCUT2D eigenvalue weighted by Crippen LogP contribution is -2.36. The summed E-state index contributed by atoms with van der Waals surface area (Å²) in [6, 6.07) is 22.9. The van der Waals surface area contributed by atoms with Crippen molar-refractivity contribution in [2.45, 2.75) is 16.7 Å². The van der Waals surface area contributed by atoms with Gasteiger partial charge < -0.3 is 14.4 Å². The summed E-state index contributed by atoms with van der Waals surface area (Å²) < 4.78 is 12.8. The van der Waals surface area contributed by atoms with E-state index >= 15 is 0 Å². The Kier molecular flexibility index (Phi) is 6.25. The minimum atomic E-state index is 0.754. The third kappa shape index (κ3) is 4.54. The predicted molar refractivity (Wildman–Crippen MR) is 119 cm³/mol. The Balaban J connectivity index is 1.73. The minimum absolute atomic E-state index is 0.754. The maximum Gasteiger partial charge on any atom is 0.143 e. The number of morpholine rings is 1. The van der Waals surface area contributed by atoms with E-state index in [-0.39, 0.29) is 0 Å². The summed E-state index contributed by atoms with van der Waals surface area (Å²) in [5.74, 6) is 1.67. The molecule has 4 rings (SSSR count). The zero-order chi connectivity index (χ0) is 19.3. The van der Waals surface area contributed by atoms with E-state index in [2.05, 4.69) is 64.2 Å². The summed E-state index contributed by atoms with van der Waals surface area (Å²) in [5.41, 5.74) is 2.45. The summed E-state index contributed by atoms with van der Waals surface area (Å²) >= 11 is 5.34. The molecule has 0 aliphatic carbocycles. The van der Waals surface area contributed by atoms with Crippen molar-refractivity contribution in [1.82, 2.24) is 0 Å². The van der Waals surface area contributed by atoms with Crippen LogP contribution >= 0.6 is 27.7 Å². The van der Waals surface area contributed by atoms with Crippen molar-refractivity contribution in [1.29, 1.82) is 0 Å². The van der Waals surface area contributed by atoms with Crippen molar-refractivity contribution in [3.8, 4) is 11.5 Å². The Labute approximate surface area is 178 Å². The van der Waals surface area contributed by atoms with Crippen molar-refractivity contribution in [3.05, 3.63) is 76.8 Å². The van der Waals surface area contributed by atoms with Crippen LogP contribution in [0.1, 0.15) is 5.56 Å². The largest absolute Gasteiger partial charge is 0.455 e. The van der Waals surface area contributed by atoms with Crippen LogP contribution in [0.4, 0.5) is 5.69 Å². The smallest absolute Gasteiger partial charge is 0.143 e. The van der Waals surface area contributed by atoms with Crippen LogP contribution in [-0.4, -0.2) is 26.3 Å². The van der Waals surface area contributed by atoms with Crippen LogP contribution in [0, 0.1) is 6.92 Å². The molecular formula is C23H22BrNO2S. The second-order valence-corrected chi connectivity index (χ2v) is 8.59. The highest BCUT2D eigenvalue weighted by atomic mass is 79.9. The van der Waals surface area contributed by atoms with Gasteiger partial charge in [0, 0.05) is 18.0 Å². The van der Waals surface area contributed by atoms with Gasteiger partial charge in [-0.3, -0.25) is 0 Å². The number of ether oxygens (including phenoxy) is 2. The van der Waals surface area contributed by atoms with Crippen LogP contribution in [0.25, 0.3) is 0 Å². The fourth-order valence-corrected chi connectivity index (χ4v) is 4.50. The van der Waals surface area contributed by atoms with Gasteiger partial charge in [-0.25, -0.2) is 0 Å². The lowest BCUT2D eigenvalue weighted by Gasteiger charge is -2.31. The van der Waals surface area contributed by atoms with Gasteiger partial charge in [0.25, 0.3) is 0 Å². The molecule has 0 amide bonds. The van der Waals surface area contributed by atoms with E-state index in [0.29, 0.717) is 0 Å². The first-order valence-corrected chi connectivity index (χ1v) is 10.9. The topological polar surface area (TPSA) is 21.7 Å². The van der Waals surface area contributed by atoms with E-state index in [1.807, 2.05) is 30.3 Å². The minimum Gasteiger partial charge on any atom is -0.455 e. The molecule has 0 radical (unpaired) electrons. The number of rotatable bonds is 5. The molecule has 3 aromatic rings. The standard InChI is InChI=1S/C23H22BrNO2S/c1-17-9-11-18(12-10-17)28-23-20(25-13-15-26-16-14-25)6-4-8-22(23)27-21-7-3-2-5-19(21)24/h2-12H,13-16H2,1H3. The molecule has 0 unspecified atom stereocenters. The molecule has 144 valence electrons. The molecule has 0 N–H and O–H groups in total. The zero-order valence-electron chi connectivity index (χ0n) is 15.7. The first kappa shape index (κ1) is 19.4. The highest BCUT2D eigenvalue weighted by molar-refractivity contribution is 9.10. The number of hydrogen-bond donors (Lipinski definition) is 0. The van der Waals surface area contributed by atoms with Gasteiger partial charge in [-0.15, -0.1) is 0 Å². The van der Waals surface area contributed by atoms with E-state index in [4.69, 9.17) is 9.47 Å². The normalized spacial score (nSPS) is 14.1. The third-order valence-electron chi connectivity index (χ3n) is 4.61. The molecule has 1 heterocycles. The monoisotopic (exact) mass is 455 g/mol. The van der Waals surface area contributed by atoms with Gasteiger partial charge in [0.2, 0.25) is 0 Å². The molecule has 1 fully saturated rings. The first-order valence-electron chi connectivity index (χ1n) is 9.33. The van der Waals surface area contributed by atoms with E-state index in [1.54, 1.807) is 11.8 Å². The molecule has 28 heavy (non-hydrogen) atoms. The first-order chi connectivity index (χ1) is 13.7. The average molecular weight is 456 g/mol. The average Bonchev–Trinajstić information content (AvgIpc) is 2.73. The Bertz CT molecular complexity index is 940. The van der Waals surface area contributed by atoms with Crippen LogP contribution in [0.2, 0.25) is 0 Å². The fourth-order valence-electron chi connectivity index (χ4n) is 3.11.